The molecule has 0 radical (unpaired) electrons. The summed E-state index contributed by atoms with van der Waals surface area (Å²) in [5.41, 5.74) is 0. The summed E-state index contributed by atoms with van der Waals surface area (Å²) in [5.74, 6) is 0.785. The zero-order valence-corrected chi connectivity index (χ0v) is 9.38. The van der Waals surface area contributed by atoms with Crippen LogP contribution in [0.25, 0.3) is 0 Å². The van der Waals surface area contributed by atoms with Crippen molar-refractivity contribution >= 4 is 5.91 Å². The lowest BCUT2D eigenvalue weighted by Gasteiger charge is -2.06. The predicted octanol–water partition coefficient (Wildman–Crippen LogP) is 1.70. The average Bonchev–Trinajstić information content (AvgIpc) is 2.12. The van der Waals surface area contributed by atoms with Crippen molar-refractivity contribution in [2.45, 2.75) is 46.0 Å². The molecule has 0 spiro atoms. The van der Waals surface area contributed by atoms with Gasteiger partial charge in [-0.1, -0.05) is 20.3 Å². The lowest BCUT2D eigenvalue weighted by Crippen LogP contribution is -2.24. The lowest BCUT2D eigenvalue weighted by atomic mass is 10.1. The minimum atomic E-state index is 0.142. The van der Waals surface area contributed by atoms with E-state index in [1.54, 1.807) is 0 Å². The first-order chi connectivity index (χ1) is 6.66. The van der Waals surface area contributed by atoms with Gasteiger partial charge in [0.15, 0.2) is 0 Å². The molecule has 0 saturated heterocycles. The normalized spacial score (nSPS) is 10.6. The second kappa shape index (κ2) is 9.00. The van der Waals surface area contributed by atoms with Gasteiger partial charge in [-0.3, -0.25) is 4.79 Å². The third kappa shape index (κ3) is 9.52. The summed E-state index contributed by atoms with van der Waals surface area (Å²) < 4.78 is 0. The zero-order valence-electron chi connectivity index (χ0n) is 9.38. The van der Waals surface area contributed by atoms with Gasteiger partial charge in [-0.2, -0.15) is 0 Å². The first-order valence-corrected chi connectivity index (χ1v) is 5.54. The summed E-state index contributed by atoms with van der Waals surface area (Å²) in [4.78, 5) is 11.2. The van der Waals surface area contributed by atoms with E-state index in [2.05, 4.69) is 19.2 Å². The Morgan fingerprint density at radius 2 is 2.00 bits per heavy atom. The molecular formula is C11H23NO2. The number of aliphatic hydroxyl groups excluding tert-OH is 1. The summed E-state index contributed by atoms with van der Waals surface area (Å²) >= 11 is 0. The monoisotopic (exact) mass is 201 g/mol. The lowest BCUT2D eigenvalue weighted by molar-refractivity contribution is -0.121. The maximum Gasteiger partial charge on any atom is 0.219 e. The molecule has 0 aromatic carbocycles. The van der Waals surface area contributed by atoms with Crippen LogP contribution in [0.15, 0.2) is 0 Å². The number of aliphatic hydroxyl groups is 1. The molecule has 0 aromatic heterocycles. The first-order valence-electron chi connectivity index (χ1n) is 5.54. The smallest absolute Gasteiger partial charge is 0.219 e. The van der Waals surface area contributed by atoms with Crippen molar-refractivity contribution in [2.75, 3.05) is 13.2 Å². The molecule has 2 N–H and O–H groups in total. The molecule has 3 nitrogen and oxygen atoms in total. The maximum atomic E-state index is 11.2. The number of unbranched alkanes of at least 4 members (excludes halogenated alkanes) is 2. The van der Waals surface area contributed by atoms with Gasteiger partial charge in [0, 0.05) is 19.6 Å². The molecule has 0 bridgehead atoms. The van der Waals surface area contributed by atoms with Gasteiger partial charge in [-0.15, -0.1) is 0 Å². The van der Waals surface area contributed by atoms with Gasteiger partial charge in [-0.25, -0.2) is 0 Å². The summed E-state index contributed by atoms with van der Waals surface area (Å²) in [7, 11) is 0. The Hall–Kier alpha value is -0.570. The zero-order chi connectivity index (χ0) is 10.8. The van der Waals surface area contributed by atoms with Crippen molar-refractivity contribution in [1.82, 2.24) is 5.32 Å². The highest BCUT2D eigenvalue weighted by Gasteiger charge is 2.00. The van der Waals surface area contributed by atoms with E-state index in [4.69, 9.17) is 5.11 Å². The molecule has 0 aliphatic heterocycles. The van der Waals surface area contributed by atoms with E-state index in [-0.39, 0.29) is 12.5 Å². The van der Waals surface area contributed by atoms with Crippen LogP contribution in [-0.4, -0.2) is 24.2 Å². The molecule has 0 aliphatic rings. The Morgan fingerprint density at radius 1 is 1.29 bits per heavy atom. The van der Waals surface area contributed by atoms with Crippen LogP contribution >= 0.6 is 0 Å². The van der Waals surface area contributed by atoms with Gasteiger partial charge in [0.25, 0.3) is 0 Å². The molecule has 0 aliphatic carbocycles. The van der Waals surface area contributed by atoms with Crippen LogP contribution in [0.5, 0.6) is 0 Å². The van der Waals surface area contributed by atoms with E-state index < -0.39 is 0 Å². The predicted molar refractivity (Wildman–Crippen MR) is 58.0 cm³/mol. The van der Waals surface area contributed by atoms with E-state index >= 15 is 0 Å². The van der Waals surface area contributed by atoms with E-state index in [9.17, 15) is 4.79 Å². The Labute approximate surface area is 86.9 Å². The van der Waals surface area contributed by atoms with Crippen LogP contribution in [0.1, 0.15) is 46.0 Å². The summed E-state index contributed by atoms with van der Waals surface area (Å²) in [6, 6.07) is 0. The molecule has 0 aromatic rings. The number of nitrogens with one attached hydrogen (secondary N) is 1. The third-order valence-corrected chi connectivity index (χ3v) is 2.11. The number of hydrogen-bond donors (Lipinski definition) is 2. The average molecular weight is 201 g/mol. The van der Waals surface area contributed by atoms with E-state index in [1.807, 2.05) is 0 Å². The van der Waals surface area contributed by atoms with E-state index in [0.29, 0.717) is 12.3 Å². The molecule has 0 atom stereocenters. The van der Waals surface area contributed by atoms with Gasteiger partial charge in [-0.05, 0) is 25.2 Å². The number of rotatable bonds is 8. The maximum absolute atomic E-state index is 11.2. The number of carbonyl (C=O) groups excluding carboxylic acids is 1. The van der Waals surface area contributed by atoms with Gasteiger partial charge < -0.3 is 10.4 Å². The number of hydrogen-bond acceptors (Lipinski definition) is 2. The molecular weight excluding hydrogens is 178 g/mol. The van der Waals surface area contributed by atoms with Crippen LogP contribution in [0.4, 0.5) is 0 Å². The molecule has 0 unspecified atom stereocenters. The van der Waals surface area contributed by atoms with Crippen molar-refractivity contribution in [2.24, 2.45) is 5.92 Å². The Bertz CT molecular complexity index is 146. The standard InChI is InChI=1S/C11H23NO2/c1-10(2)7-8-12-11(14)6-4-3-5-9-13/h10,13H,3-9H2,1-2H3,(H,12,14). The second-order valence-corrected chi connectivity index (χ2v) is 4.07. The van der Waals surface area contributed by atoms with Crippen LogP contribution < -0.4 is 5.32 Å². The van der Waals surface area contributed by atoms with Crippen LogP contribution in [-0.2, 0) is 4.79 Å². The third-order valence-electron chi connectivity index (χ3n) is 2.11. The molecule has 14 heavy (non-hydrogen) atoms. The quantitative estimate of drug-likeness (QED) is 0.587. The Morgan fingerprint density at radius 3 is 2.57 bits per heavy atom. The fourth-order valence-corrected chi connectivity index (χ4v) is 1.16. The fourth-order valence-electron chi connectivity index (χ4n) is 1.16. The Balaban J connectivity index is 3.20. The topological polar surface area (TPSA) is 49.3 Å². The van der Waals surface area contributed by atoms with Crippen LogP contribution in [0.3, 0.4) is 0 Å². The highest BCUT2D eigenvalue weighted by molar-refractivity contribution is 5.75. The second-order valence-electron chi connectivity index (χ2n) is 4.07. The fraction of sp³-hybridized carbons (Fsp3) is 0.909. The Kier molecular flexibility index (Phi) is 8.64. The molecule has 0 rings (SSSR count). The van der Waals surface area contributed by atoms with Crippen molar-refractivity contribution in [3.63, 3.8) is 0 Å². The molecule has 1 amide bonds. The van der Waals surface area contributed by atoms with Gasteiger partial charge in [0.1, 0.15) is 0 Å². The summed E-state index contributed by atoms with van der Waals surface area (Å²) in [6.07, 6.45) is 4.27. The van der Waals surface area contributed by atoms with Gasteiger partial charge in [0.2, 0.25) is 5.91 Å². The van der Waals surface area contributed by atoms with Crippen LogP contribution in [0.2, 0.25) is 0 Å². The van der Waals surface area contributed by atoms with Gasteiger partial charge in [0.05, 0.1) is 0 Å². The number of carbonyl (C=O) groups is 1. The largest absolute Gasteiger partial charge is 0.396 e. The minimum Gasteiger partial charge on any atom is -0.396 e. The molecule has 3 heteroatoms. The highest BCUT2D eigenvalue weighted by atomic mass is 16.2. The van der Waals surface area contributed by atoms with Crippen molar-refractivity contribution in [3.05, 3.63) is 0 Å². The summed E-state index contributed by atoms with van der Waals surface area (Å²) in [5, 5.41) is 11.4. The number of amides is 1. The molecule has 0 fully saturated rings. The molecule has 84 valence electrons. The van der Waals surface area contributed by atoms with Crippen LogP contribution in [0, 0.1) is 5.92 Å². The SMILES string of the molecule is CC(C)CCNC(=O)CCCCCO. The van der Waals surface area contributed by atoms with Crippen molar-refractivity contribution in [1.29, 1.82) is 0 Å². The minimum absolute atomic E-state index is 0.142. The first kappa shape index (κ1) is 13.4. The van der Waals surface area contributed by atoms with E-state index in [0.717, 1.165) is 32.2 Å². The molecule has 0 saturated carbocycles. The van der Waals surface area contributed by atoms with Crippen molar-refractivity contribution in [3.8, 4) is 0 Å². The summed E-state index contributed by atoms with van der Waals surface area (Å²) in [6.45, 7) is 5.31. The van der Waals surface area contributed by atoms with E-state index in [1.165, 1.54) is 0 Å². The highest BCUT2D eigenvalue weighted by Crippen LogP contribution is 2.00. The van der Waals surface area contributed by atoms with Gasteiger partial charge >= 0.3 is 0 Å². The molecule has 0 heterocycles. The van der Waals surface area contributed by atoms with Crippen molar-refractivity contribution < 1.29 is 9.90 Å².